The van der Waals surface area contributed by atoms with Crippen molar-refractivity contribution in [2.24, 2.45) is 11.8 Å². The number of ether oxygens (including phenoxy) is 1. The number of aliphatic hydroxyl groups is 1. The number of aliphatic carboxylic acids is 1. The third kappa shape index (κ3) is 7.49. The first-order valence-electron chi connectivity index (χ1n) is 13.2. The number of aliphatic hydroxyl groups excluding tert-OH is 1. The van der Waals surface area contributed by atoms with Crippen LogP contribution in [-0.2, 0) is 11.2 Å². The highest BCUT2D eigenvalue weighted by Crippen LogP contribution is 2.35. The van der Waals surface area contributed by atoms with Crippen LogP contribution in [0, 0.1) is 17.7 Å². The number of halogens is 1. The number of nitrogens with zero attached hydrogens (tertiary/aromatic N) is 2. The minimum atomic E-state index is -0.765. The van der Waals surface area contributed by atoms with Crippen molar-refractivity contribution in [3.63, 3.8) is 0 Å². The number of fused-ring (bicyclic) bond motifs is 1. The summed E-state index contributed by atoms with van der Waals surface area (Å²) < 4.78 is 18.8. The predicted molar refractivity (Wildman–Crippen MR) is 142 cm³/mol. The molecule has 37 heavy (non-hydrogen) atoms. The first-order chi connectivity index (χ1) is 17.9. The Morgan fingerprint density at radius 3 is 2.84 bits per heavy atom. The molecule has 0 saturated carbocycles. The van der Waals surface area contributed by atoms with Crippen LogP contribution >= 0.6 is 0 Å². The zero-order valence-electron chi connectivity index (χ0n) is 21.5. The number of rotatable bonds is 12. The Bertz CT molecular complexity index is 1190. The van der Waals surface area contributed by atoms with Gasteiger partial charge in [0.2, 0.25) is 0 Å². The second-order valence-electron chi connectivity index (χ2n) is 10.2. The summed E-state index contributed by atoms with van der Waals surface area (Å²) in [4.78, 5) is 18.1. The van der Waals surface area contributed by atoms with Gasteiger partial charge < -0.3 is 19.8 Å². The molecule has 2 heterocycles. The molecular formula is C30H37FN2O4. The second-order valence-corrected chi connectivity index (χ2v) is 10.2. The Labute approximate surface area is 218 Å². The fraction of sp³-hybridized carbons (Fsp3) is 0.467. The maximum atomic E-state index is 13.5. The van der Waals surface area contributed by atoms with Crippen LogP contribution in [0.3, 0.4) is 0 Å². The summed E-state index contributed by atoms with van der Waals surface area (Å²) in [7, 11) is 1.62. The smallest absolute Gasteiger partial charge is 0.303 e. The molecule has 0 bridgehead atoms. The van der Waals surface area contributed by atoms with E-state index in [1.165, 1.54) is 6.07 Å². The molecule has 6 nitrogen and oxygen atoms in total. The first kappa shape index (κ1) is 27.0. The zero-order valence-corrected chi connectivity index (χ0v) is 21.5. The Morgan fingerprint density at radius 1 is 1.19 bits per heavy atom. The molecule has 0 radical (unpaired) electrons. The Morgan fingerprint density at radius 2 is 2.05 bits per heavy atom. The highest BCUT2D eigenvalue weighted by molar-refractivity contribution is 5.83. The molecule has 1 aliphatic heterocycles. The van der Waals surface area contributed by atoms with Gasteiger partial charge in [-0.05, 0) is 111 Å². The lowest BCUT2D eigenvalue weighted by Crippen LogP contribution is -2.41. The molecular weight excluding hydrogens is 471 g/mol. The molecule has 0 unspecified atom stereocenters. The highest BCUT2D eigenvalue weighted by atomic mass is 19.1. The van der Waals surface area contributed by atoms with Gasteiger partial charge >= 0.3 is 5.97 Å². The van der Waals surface area contributed by atoms with Crippen LogP contribution < -0.4 is 4.74 Å². The molecule has 0 spiro atoms. The molecule has 7 heteroatoms. The number of carboxylic acids is 1. The number of piperidine rings is 1. The summed E-state index contributed by atoms with van der Waals surface area (Å²) in [5.74, 6) is 0.413. The van der Waals surface area contributed by atoms with Crippen molar-refractivity contribution in [2.45, 2.75) is 51.0 Å². The van der Waals surface area contributed by atoms with Crippen LogP contribution in [0.25, 0.3) is 10.9 Å². The molecule has 1 aliphatic rings. The van der Waals surface area contributed by atoms with Gasteiger partial charge in [0.25, 0.3) is 0 Å². The number of methoxy groups -OCH3 is 1. The molecule has 2 N–H and O–H groups in total. The van der Waals surface area contributed by atoms with E-state index in [-0.39, 0.29) is 18.2 Å². The van der Waals surface area contributed by atoms with Crippen molar-refractivity contribution in [3.8, 4) is 5.75 Å². The second kappa shape index (κ2) is 13.0. The standard InChI is InChI=1S/C30H37FN2O4/c1-37-25-9-10-28-27(19-25)26(13-15-32-28)29(34)11-7-22-14-17-33(20-23(22)8-12-30(35)36)16-3-5-21-4-2-6-24(31)18-21/h2,4,6,9-10,13,15,18-19,22-23,29,34H,3,5,7-8,11-12,14,16-17,20H2,1H3,(H,35,36)/t22-,23-,29-/m1/s1. The molecule has 4 rings (SSSR count). The van der Waals surface area contributed by atoms with Crippen LogP contribution in [0.4, 0.5) is 4.39 Å². The van der Waals surface area contributed by atoms with Gasteiger partial charge in [0.15, 0.2) is 0 Å². The number of hydrogen-bond acceptors (Lipinski definition) is 5. The van der Waals surface area contributed by atoms with Gasteiger partial charge in [-0.1, -0.05) is 12.1 Å². The van der Waals surface area contributed by atoms with Crippen molar-refractivity contribution in [2.75, 3.05) is 26.7 Å². The fourth-order valence-corrected chi connectivity index (χ4v) is 5.67. The number of likely N-dealkylation sites (tertiary alicyclic amines) is 1. The predicted octanol–water partition coefficient (Wildman–Crippen LogP) is 5.63. The van der Waals surface area contributed by atoms with Crippen molar-refractivity contribution in [1.29, 1.82) is 0 Å². The van der Waals surface area contributed by atoms with Gasteiger partial charge in [-0.15, -0.1) is 0 Å². The van der Waals surface area contributed by atoms with Crippen molar-refractivity contribution in [3.05, 3.63) is 71.7 Å². The maximum Gasteiger partial charge on any atom is 0.303 e. The molecule has 3 aromatic rings. The van der Waals surface area contributed by atoms with Crippen molar-refractivity contribution in [1.82, 2.24) is 9.88 Å². The van der Waals surface area contributed by atoms with Gasteiger partial charge in [0.1, 0.15) is 11.6 Å². The minimum Gasteiger partial charge on any atom is -0.497 e. The molecule has 1 fully saturated rings. The monoisotopic (exact) mass is 508 g/mol. The molecule has 2 aromatic carbocycles. The largest absolute Gasteiger partial charge is 0.497 e. The fourth-order valence-electron chi connectivity index (χ4n) is 5.67. The summed E-state index contributed by atoms with van der Waals surface area (Å²) in [5, 5.41) is 21.3. The average molecular weight is 509 g/mol. The lowest BCUT2D eigenvalue weighted by Gasteiger charge is -2.39. The molecule has 1 aromatic heterocycles. The summed E-state index contributed by atoms with van der Waals surface area (Å²) in [6, 6.07) is 14.3. The average Bonchev–Trinajstić information content (AvgIpc) is 2.90. The number of aryl methyl sites for hydroxylation is 1. The van der Waals surface area contributed by atoms with E-state index in [1.54, 1.807) is 25.4 Å². The van der Waals surface area contributed by atoms with E-state index in [4.69, 9.17) is 4.74 Å². The van der Waals surface area contributed by atoms with Gasteiger partial charge in [0, 0.05) is 24.5 Å². The Kier molecular flexibility index (Phi) is 9.47. The number of carbonyl (C=O) groups is 1. The minimum absolute atomic E-state index is 0.162. The Hall–Kier alpha value is -3.03. The number of carboxylic acid groups (broad SMARTS) is 1. The number of benzene rings is 2. The maximum absolute atomic E-state index is 13.5. The SMILES string of the molecule is COc1ccc2nccc([C@H](O)CC[C@@H]3CCN(CCCc4cccc(F)c4)C[C@H]3CCC(=O)O)c2c1. The summed E-state index contributed by atoms with van der Waals surface area (Å²) in [5.41, 5.74) is 2.68. The topological polar surface area (TPSA) is 82.9 Å². The van der Waals surface area contributed by atoms with Crippen LogP contribution in [0.2, 0.25) is 0 Å². The molecule has 198 valence electrons. The van der Waals surface area contributed by atoms with Gasteiger partial charge in [-0.3, -0.25) is 9.78 Å². The van der Waals surface area contributed by atoms with Crippen LogP contribution in [-0.4, -0.2) is 52.8 Å². The number of hydrogen-bond donors (Lipinski definition) is 2. The quantitative estimate of drug-likeness (QED) is 0.330. The number of aromatic nitrogens is 1. The number of pyridine rings is 1. The van der Waals surface area contributed by atoms with E-state index < -0.39 is 12.1 Å². The van der Waals surface area contributed by atoms with Gasteiger partial charge in [-0.25, -0.2) is 4.39 Å². The summed E-state index contributed by atoms with van der Waals surface area (Å²) in [6.45, 7) is 2.75. The van der Waals surface area contributed by atoms with Crippen LogP contribution in [0.1, 0.15) is 55.8 Å². The third-order valence-corrected chi connectivity index (χ3v) is 7.69. The van der Waals surface area contributed by atoms with E-state index in [0.717, 1.165) is 73.1 Å². The summed E-state index contributed by atoms with van der Waals surface area (Å²) in [6.07, 6.45) is 6.13. The normalized spacial score (nSPS) is 19.1. The van der Waals surface area contributed by atoms with Crippen LogP contribution in [0.5, 0.6) is 5.75 Å². The van der Waals surface area contributed by atoms with E-state index >= 15 is 0 Å². The van der Waals surface area contributed by atoms with E-state index in [0.29, 0.717) is 18.8 Å². The van der Waals surface area contributed by atoms with E-state index in [1.807, 2.05) is 30.3 Å². The highest BCUT2D eigenvalue weighted by Gasteiger charge is 2.30. The Balaban J connectivity index is 1.35. The van der Waals surface area contributed by atoms with Crippen LogP contribution in [0.15, 0.2) is 54.7 Å². The van der Waals surface area contributed by atoms with Crippen molar-refractivity contribution >= 4 is 16.9 Å². The lowest BCUT2D eigenvalue weighted by molar-refractivity contribution is -0.137. The lowest BCUT2D eigenvalue weighted by atomic mass is 9.79. The van der Waals surface area contributed by atoms with Gasteiger partial charge in [-0.2, -0.15) is 0 Å². The van der Waals surface area contributed by atoms with Crippen molar-refractivity contribution < 1.29 is 24.1 Å². The van der Waals surface area contributed by atoms with E-state index in [2.05, 4.69) is 9.88 Å². The van der Waals surface area contributed by atoms with Gasteiger partial charge in [0.05, 0.1) is 18.7 Å². The molecule has 1 saturated heterocycles. The van der Waals surface area contributed by atoms with E-state index in [9.17, 15) is 19.4 Å². The molecule has 3 atom stereocenters. The summed E-state index contributed by atoms with van der Waals surface area (Å²) >= 11 is 0. The first-order valence-corrected chi connectivity index (χ1v) is 13.2. The zero-order chi connectivity index (χ0) is 26.2. The molecule has 0 amide bonds. The molecule has 0 aliphatic carbocycles. The third-order valence-electron chi connectivity index (χ3n) is 7.69.